The maximum absolute atomic E-state index is 12.7. The molecule has 4 rings (SSSR count). The number of hydrogen-bond donors (Lipinski definition) is 0. The minimum Gasteiger partial charge on any atom is -0.455 e. The number of rotatable bonds is 7. The molecule has 0 fully saturated rings. The van der Waals surface area contributed by atoms with E-state index in [2.05, 4.69) is 15.2 Å². The number of carbonyl (C=O) groups is 1. The Morgan fingerprint density at radius 3 is 2.56 bits per heavy atom. The molecule has 0 spiro atoms. The van der Waals surface area contributed by atoms with Gasteiger partial charge in [-0.25, -0.2) is 4.79 Å². The molecule has 0 radical (unpaired) electrons. The van der Waals surface area contributed by atoms with E-state index in [4.69, 9.17) is 13.9 Å². The molecule has 2 aromatic heterocycles. The third kappa shape index (κ3) is 4.59. The SMILES string of the molecule is CC(OC(=O)c1ccccc1Oc1cccnc1)c1nnc(-c2ccc([N+](=O)[O-])cc2)o1. The standard InChI is InChI=1S/C22H16N4O6/c1-14(20-24-25-21(32-20)15-8-10-16(11-9-15)26(28)29)30-22(27)18-6-2-3-7-19(18)31-17-5-4-12-23-13-17/h2-14H,1H3. The van der Waals surface area contributed by atoms with Crippen molar-refractivity contribution in [1.29, 1.82) is 0 Å². The van der Waals surface area contributed by atoms with Gasteiger partial charge in [0.1, 0.15) is 17.1 Å². The summed E-state index contributed by atoms with van der Waals surface area (Å²) in [5.74, 6) is 0.391. The summed E-state index contributed by atoms with van der Waals surface area (Å²) >= 11 is 0. The van der Waals surface area contributed by atoms with Gasteiger partial charge in [-0.2, -0.15) is 0 Å². The largest absolute Gasteiger partial charge is 0.455 e. The third-order valence-electron chi connectivity index (χ3n) is 4.37. The van der Waals surface area contributed by atoms with Gasteiger partial charge >= 0.3 is 5.97 Å². The summed E-state index contributed by atoms with van der Waals surface area (Å²) in [5.41, 5.74) is 0.671. The Kier molecular flexibility index (Phi) is 5.84. The number of nitro groups is 1. The molecule has 2 aromatic carbocycles. The number of hydrogen-bond acceptors (Lipinski definition) is 9. The van der Waals surface area contributed by atoms with Crippen molar-refractivity contribution in [2.75, 3.05) is 0 Å². The van der Waals surface area contributed by atoms with Crippen LogP contribution in [0.15, 0.2) is 77.5 Å². The predicted octanol–water partition coefficient (Wildman–Crippen LogP) is 4.75. The highest BCUT2D eigenvalue weighted by Crippen LogP contribution is 2.28. The molecule has 32 heavy (non-hydrogen) atoms. The molecule has 0 aliphatic heterocycles. The molecule has 2 heterocycles. The summed E-state index contributed by atoms with van der Waals surface area (Å²) in [6, 6.07) is 15.8. The Bertz CT molecular complexity index is 1240. The number of non-ortho nitro benzene ring substituents is 1. The Morgan fingerprint density at radius 2 is 1.84 bits per heavy atom. The minimum atomic E-state index is -0.840. The maximum atomic E-state index is 12.7. The van der Waals surface area contributed by atoms with Gasteiger partial charge in [0, 0.05) is 23.9 Å². The molecular weight excluding hydrogens is 416 g/mol. The maximum Gasteiger partial charge on any atom is 0.342 e. The van der Waals surface area contributed by atoms with E-state index in [-0.39, 0.29) is 23.0 Å². The van der Waals surface area contributed by atoms with E-state index in [0.717, 1.165) is 0 Å². The third-order valence-corrected chi connectivity index (χ3v) is 4.37. The van der Waals surface area contributed by atoms with Gasteiger partial charge in [-0.3, -0.25) is 15.1 Å². The van der Waals surface area contributed by atoms with Gasteiger partial charge in [-0.15, -0.1) is 10.2 Å². The van der Waals surface area contributed by atoms with E-state index < -0.39 is 17.0 Å². The van der Waals surface area contributed by atoms with Crippen LogP contribution in [-0.4, -0.2) is 26.1 Å². The first kappa shape index (κ1) is 20.7. The summed E-state index contributed by atoms with van der Waals surface area (Å²) in [6.45, 7) is 1.59. The van der Waals surface area contributed by atoms with Crippen molar-refractivity contribution >= 4 is 11.7 Å². The van der Waals surface area contributed by atoms with Crippen molar-refractivity contribution in [2.45, 2.75) is 13.0 Å². The average molecular weight is 432 g/mol. The van der Waals surface area contributed by atoms with E-state index in [9.17, 15) is 14.9 Å². The number of ether oxygens (including phenoxy) is 2. The molecule has 1 atom stereocenters. The minimum absolute atomic E-state index is 0.0528. The van der Waals surface area contributed by atoms with Gasteiger partial charge in [0.25, 0.3) is 11.6 Å². The van der Waals surface area contributed by atoms with Crippen molar-refractivity contribution in [3.63, 3.8) is 0 Å². The van der Waals surface area contributed by atoms with E-state index in [1.165, 1.54) is 30.5 Å². The Hall–Kier alpha value is -4.60. The van der Waals surface area contributed by atoms with Gasteiger partial charge in [-0.1, -0.05) is 12.1 Å². The zero-order valence-corrected chi connectivity index (χ0v) is 16.7. The Balaban J connectivity index is 1.47. The number of nitrogens with zero attached hydrogens (tertiary/aromatic N) is 4. The molecule has 0 bridgehead atoms. The zero-order chi connectivity index (χ0) is 22.5. The lowest BCUT2D eigenvalue weighted by atomic mass is 10.2. The summed E-state index contributed by atoms with van der Waals surface area (Å²) in [5, 5.41) is 18.6. The first-order valence-corrected chi connectivity index (χ1v) is 9.47. The number of pyridine rings is 1. The fourth-order valence-corrected chi connectivity index (χ4v) is 2.77. The average Bonchev–Trinajstić information content (AvgIpc) is 3.31. The Labute approximate surface area is 181 Å². The fourth-order valence-electron chi connectivity index (χ4n) is 2.77. The number of esters is 1. The van der Waals surface area contributed by atoms with Crippen LogP contribution in [0.2, 0.25) is 0 Å². The van der Waals surface area contributed by atoms with Crippen molar-refractivity contribution < 1.29 is 23.6 Å². The highest BCUT2D eigenvalue weighted by molar-refractivity contribution is 5.92. The topological polar surface area (TPSA) is 130 Å². The van der Waals surface area contributed by atoms with Crippen LogP contribution in [0.4, 0.5) is 5.69 Å². The molecule has 4 aromatic rings. The smallest absolute Gasteiger partial charge is 0.342 e. The van der Waals surface area contributed by atoms with Crippen molar-refractivity contribution in [2.24, 2.45) is 0 Å². The van der Waals surface area contributed by atoms with E-state index in [1.807, 2.05) is 0 Å². The monoisotopic (exact) mass is 432 g/mol. The lowest BCUT2D eigenvalue weighted by molar-refractivity contribution is -0.384. The van der Waals surface area contributed by atoms with Gasteiger partial charge in [-0.05, 0) is 43.3 Å². The summed E-state index contributed by atoms with van der Waals surface area (Å²) in [7, 11) is 0. The highest BCUT2D eigenvalue weighted by Gasteiger charge is 2.22. The number of aromatic nitrogens is 3. The fraction of sp³-hybridized carbons (Fsp3) is 0.0909. The van der Waals surface area contributed by atoms with Crippen LogP contribution in [0.5, 0.6) is 11.5 Å². The molecule has 160 valence electrons. The van der Waals surface area contributed by atoms with Crippen LogP contribution in [0.1, 0.15) is 29.3 Å². The molecule has 0 aliphatic rings. The van der Waals surface area contributed by atoms with Crippen molar-refractivity contribution in [3.8, 4) is 23.0 Å². The molecular formula is C22H16N4O6. The number of para-hydroxylation sites is 1. The second kappa shape index (κ2) is 9.04. The summed E-state index contributed by atoms with van der Waals surface area (Å²) in [4.78, 5) is 27.0. The van der Waals surface area contributed by atoms with Crippen LogP contribution < -0.4 is 4.74 Å². The molecule has 10 heteroatoms. The van der Waals surface area contributed by atoms with Gasteiger partial charge < -0.3 is 13.9 Å². The number of benzene rings is 2. The van der Waals surface area contributed by atoms with Crippen LogP contribution in [0.3, 0.4) is 0 Å². The van der Waals surface area contributed by atoms with Crippen molar-refractivity contribution in [3.05, 3.63) is 94.6 Å². The molecule has 0 aliphatic carbocycles. The predicted molar refractivity (Wildman–Crippen MR) is 111 cm³/mol. The molecule has 0 N–H and O–H groups in total. The van der Waals surface area contributed by atoms with Crippen LogP contribution >= 0.6 is 0 Å². The van der Waals surface area contributed by atoms with Crippen LogP contribution in [0, 0.1) is 10.1 Å². The van der Waals surface area contributed by atoms with Gasteiger partial charge in [0.05, 0.1) is 11.1 Å². The molecule has 10 nitrogen and oxygen atoms in total. The number of carbonyl (C=O) groups excluding carboxylic acids is 1. The normalized spacial score (nSPS) is 11.5. The van der Waals surface area contributed by atoms with Crippen LogP contribution in [0.25, 0.3) is 11.5 Å². The summed E-state index contributed by atoms with van der Waals surface area (Å²) < 4.78 is 16.8. The van der Waals surface area contributed by atoms with E-state index in [0.29, 0.717) is 17.1 Å². The zero-order valence-electron chi connectivity index (χ0n) is 16.7. The van der Waals surface area contributed by atoms with Gasteiger partial charge in [0.2, 0.25) is 5.89 Å². The van der Waals surface area contributed by atoms with Crippen LogP contribution in [-0.2, 0) is 4.74 Å². The number of nitro benzene ring substituents is 1. The lowest BCUT2D eigenvalue weighted by Crippen LogP contribution is -2.10. The molecule has 0 saturated heterocycles. The first-order chi connectivity index (χ1) is 15.5. The van der Waals surface area contributed by atoms with E-state index in [1.54, 1.807) is 49.5 Å². The van der Waals surface area contributed by atoms with Crippen molar-refractivity contribution in [1.82, 2.24) is 15.2 Å². The van der Waals surface area contributed by atoms with Gasteiger partial charge in [0.15, 0.2) is 6.10 Å². The molecule has 1 unspecified atom stereocenters. The molecule has 0 amide bonds. The quantitative estimate of drug-likeness (QED) is 0.230. The van der Waals surface area contributed by atoms with E-state index >= 15 is 0 Å². The highest BCUT2D eigenvalue weighted by atomic mass is 16.6. The Morgan fingerprint density at radius 1 is 1.06 bits per heavy atom. The molecule has 0 saturated carbocycles. The lowest BCUT2D eigenvalue weighted by Gasteiger charge is -2.13. The second-order valence-electron chi connectivity index (χ2n) is 6.58. The summed E-state index contributed by atoms with van der Waals surface area (Å²) in [6.07, 6.45) is 2.31. The second-order valence-corrected chi connectivity index (χ2v) is 6.58. The first-order valence-electron chi connectivity index (χ1n) is 9.47.